The van der Waals surface area contributed by atoms with Crippen molar-refractivity contribution in [2.45, 2.75) is 32.4 Å². The molecule has 0 aromatic carbocycles. The van der Waals surface area contributed by atoms with Gasteiger partial charge in [0.25, 0.3) is 0 Å². The summed E-state index contributed by atoms with van der Waals surface area (Å²) in [5, 5.41) is 0. The van der Waals surface area contributed by atoms with Crippen LogP contribution in [0.1, 0.15) is 20.8 Å². The molecule has 3 heteroatoms. The van der Waals surface area contributed by atoms with Gasteiger partial charge in [0.2, 0.25) is 0 Å². The standard InChI is InChI=1S/C6H15ClOSi/c1-6(2,3)8-4-5-9-7/h4-5,9H2,1-3H3. The van der Waals surface area contributed by atoms with E-state index >= 15 is 0 Å². The van der Waals surface area contributed by atoms with Gasteiger partial charge in [0, 0.05) is 6.61 Å². The third-order valence-electron chi connectivity index (χ3n) is 0.813. The van der Waals surface area contributed by atoms with Gasteiger partial charge in [-0.15, -0.1) is 0 Å². The first kappa shape index (κ1) is 9.47. The smallest absolute Gasteiger partial charge is 0.127 e. The Balaban J connectivity index is 3.07. The molecule has 0 radical (unpaired) electrons. The maximum Gasteiger partial charge on any atom is 0.127 e. The Morgan fingerprint density at radius 1 is 1.44 bits per heavy atom. The molecule has 0 unspecified atom stereocenters. The molecule has 0 bridgehead atoms. The largest absolute Gasteiger partial charge is 0.376 e. The molecule has 0 spiro atoms. The highest BCUT2D eigenvalue weighted by Gasteiger charge is 2.08. The maximum absolute atomic E-state index is 5.59. The van der Waals surface area contributed by atoms with Gasteiger partial charge >= 0.3 is 0 Å². The van der Waals surface area contributed by atoms with Crippen LogP contribution in [0.4, 0.5) is 0 Å². The zero-order chi connectivity index (χ0) is 7.33. The van der Waals surface area contributed by atoms with Crippen LogP contribution in [0.5, 0.6) is 0 Å². The fourth-order valence-electron chi connectivity index (χ4n) is 0.433. The van der Waals surface area contributed by atoms with E-state index in [4.69, 9.17) is 15.8 Å². The third-order valence-corrected chi connectivity index (χ3v) is 2.17. The monoisotopic (exact) mass is 166 g/mol. The minimum Gasteiger partial charge on any atom is -0.376 e. The summed E-state index contributed by atoms with van der Waals surface area (Å²) in [7, 11) is -0.308. The molecule has 0 atom stereocenters. The molecule has 0 aliphatic rings. The molecule has 0 aromatic heterocycles. The van der Waals surface area contributed by atoms with Crippen molar-refractivity contribution in [1.82, 2.24) is 0 Å². The Kier molecular flexibility index (Phi) is 4.53. The van der Waals surface area contributed by atoms with E-state index in [1.54, 1.807) is 0 Å². The summed E-state index contributed by atoms with van der Waals surface area (Å²) in [5.41, 5.74) is 0.0143. The van der Waals surface area contributed by atoms with Crippen LogP contribution in [0.25, 0.3) is 0 Å². The van der Waals surface area contributed by atoms with Gasteiger partial charge in [0.15, 0.2) is 0 Å². The second-order valence-corrected chi connectivity index (χ2v) is 5.22. The van der Waals surface area contributed by atoms with E-state index < -0.39 is 0 Å². The van der Waals surface area contributed by atoms with Crippen molar-refractivity contribution in [3.63, 3.8) is 0 Å². The van der Waals surface area contributed by atoms with Gasteiger partial charge in [0.05, 0.1) is 5.60 Å². The number of halogens is 1. The maximum atomic E-state index is 5.59. The van der Waals surface area contributed by atoms with Crippen LogP contribution in [0.3, 0.4) is 0 Å². The highest BCUT2D eigenvalue weighted by atomic mass is 35.6. The fourth-order valence-corrected chi connectivity index (χ4v) is 1.01. The molecule has 0 aliphatic carbocycles. The summed E-state index contributed by atoms with van der Waals surface area (Å²) in [6.07, 6.45) is 0. The lowest BCUT2D eigenvalue weighted by atomic mass is 10.2. The Morgan fingerprint density at radius 3 is 2.33 bits per heavy atom. The number of hydrogen-bond donors (Lipinski definition) is 0. The van der Waals surface area contributed by atoms with E-state index in [1.165, 1.54) is 0 Å². The zero-order valence-electron chi connectivity index (χ0n) is 6.41. The summed E-state index contributed by atoms with van der Waals surface area (Å²) in [6, 6.07) is 1.08. The van der Waals surface area contributed by atoms with Crippen molar-refractivity contribution in [3.05, 3.63) is 0 Å². The zero-order valence-corrected chi connectivity index (χ0v) is 8.58. The van der Waals surface area contributed by atoms with Crippen LogP contribution in [0.2, 0.25) is 6.04 Å². The van der Waals surface area contributed by atoms with E-state index in [2.05, 4.69) is 20.8 Å². The topological polar surface area (TPSA) is 9.23 Å². The van der Waals surface area contributed by atoms with Crippen molar-refractivity contribution in [2.75, 3.05) is 6.61 Å². The third kappa shape index (κ3) is 8.47. The lowest BCUT2D eigenvalue weighted by Crippen LogP contribution is -2.19. The molecular formula is C6H15ClOSi. The van der Waals surface area contributed by atoms with Gasteiger partial charge in [-0.1, -0.05) is 0 Å². The highest BCUT2D eigenvalue weighted by molar-refractivity contribution is 6.93. The molecule has 0 N–H and O–H groups in total. The first-order chi connectivity index (χ1) is 4.06. The Hall–Kier alpha value is 0.467. The van der Waals surface area contributed by atoms with Gasteiger partial charge in [0.1, 0.15) is 8.83 Å². The molecular weight excluding hydrogens is 152 g/mol. The van der Waals surface area contributed by atoms with Gasteiger partial charge in [-0.3, -0.25) is 0 Å². The predicted molar refractivity (Wildman–Crippen MR) is 44.9 cm³/mol. The number of ether oxygens (including phenoxy) is 1. The minimum atomic E-state index is -0.308. The first-order valence-electron chi connectivity index (χ1n) is 3.26. The molecule has 0 fully saturated rings. The van der Waals surface area contributed by atoms with Crippen molar-refractivity contribution >= 4 is 19.9 Å². The molecule has 1 nitrogen and oxygen atoms in total. The van der Waals surface area contributed by atoms with E-state index in [-0.39, 0.29) is 14.4 Å². The Bertz CT molecular complexity index is 69.9. The average molecular weight is 167 g/mol. The van der Waals surface area contributed by atoms with E-state index in [1.807, 2.05) is 0 Å². The molecule has 0 saturated heterocycles. The fraction of sp³-hybridized carbons (Fsp3) is 1.00. The predicted octanol–water partition coefficient (Wildman–Crippen LogP) is 1.54. The summed E-state index contributed by atoms with van der Waals surface area (Å²) in [4.78, 5) is 0. The van der Waals surface area contributed by atoms with Gasteiger partial charge < -0.3 is 4.74 Å². The molecule has 56 valence electrons. The van der Waals surface area contributed by atoms with Crippen molar-refractivity contribution in [3.8, 4) is 0 Å². The Morgan fingerprint density at radius 2 is 2.00 bits per heavy atom. The second kappa shape index (κ2) is 4.31. The first-order valence-corrected chi connectivity index (χ1v) is 6.40. The summed E-state index contributed by atoms with van der Waals surface area (Å²) in [5.74, 6) is 0. The van der Waals surface area contributed by atoms with E-state index in [9.17, 15) is 0 Å². The lowest BCUT2D eigenvalue weighted by Gasteiger charge is -2.18. The highest BCUT2D eigenvalue weighted by Crippen LogP contribution is 2.06. The van der Waals surface area contributed by atoms with Gasteiger partial charge in [-0.2, -0.15) is 11.1 Å². The quantitative estimate of drug-likeness (QED) is 0.351. The van der Waals surface area contributed by atoms with Crippen LogP contribution in [0, 0.1) is 0 Å². The van der Waals surface area contributed by atoms with E-state index in [0.29, 0.717) is 0 Å². The molecule has 0 aliphatic heterocycles. The molecule has 9 heavy (non-hydrogen) atoms. The normalized spacial score (nSPS) is 13.3. The van der Waals surface area contributed by atoms with Crippen molar-refractivity contribution in [2.24, 2.45) is 0 Å². The van der Waals surface area contributed by atoms with Crippen LogP contribution < -0.4 is 0 Å². The summed E-state index contributed by atoms with van der Waals surface area (Å²) in [6.45, 7) is 7.01. The van der Waals surface area contributed by atoms with Crippen LogP contribution in [-0.2, 0) is 4.74 Å². The average Bonchev–Trinajstić information content (AvgIpc) is 1.63. The molecule has 0 amide bonds. The molecule has 0 saturated carbocycles. The lowest BCUT2D eigenvalue weighted by molar-refractivity contribution is 0.00547. The molecule has 0 rings (SSSR count). The number of rotatable bonds is 3. The van der Waals surface area contributed by atoms with Crippen molar-refractivity contribution < 1.29 is 4.74 Å². The van der Waals surface area contributed by atoms with Gasteiger partial charge in [-0.05, 0) is 26.8 Å². The molecule has 0 aromatic rings. The van der Waals surface area contributed by atoms with Gasteiger partial charge in [-0.25, -0.2) is 0 Å². The van der Waals surface area contributed by atoms with Crippen LogP contribution in [-0.4, -0.2) is 21.0 Å². The summed E-state index contributed by atoms with van der Waals surface area (Å²) < 4.78 is 5.42. The van der Waals surface area contributed by atoms with Crippen LogP contribution >= 0.6 is 11.1 Å². The minimum absolute atomic E-state index is 0.0143. The SMILES string of the molecule is CC(C)(C)OCC[SiH2]Cl. The number of hydrogen-bond acceptors (Lipinski definition) is 1. The molecule has 0 heterocycles. The van der Waals surface area contributed by atoms with Crippen molar-refractivity contribution in [1.29, 1.82) is 0 Å². The Labute approximate surface area is 64.3 Å². The van der Waals surface area contributed by atoms with Crippen LogP contribution in [0.15, 0.2) is 0 Å². The van der Waals surface area contributed by atoms with E-state index in [0.717, 1.165) is 12.7 Å². The summed E-state index contributed by atoms with van der Waals surface area (Å²) >= 11 is 5.59. The second-order valence-electron chi connectivity index (χ2n) is 3.00.